The Morgan fingerprint density at radius 3 is 2.72 bits per heavy atom. The van der Waals surface area contributed by atoms with Crippen molar-refractivity contribution < 1.29 is 18.7 Å². The van der Waals surface area contributed by atoms with Crippen molar-refractivity contribution in [1.29, 1.82) is 0 Å². The first kappa shape index (κ1) is 19.9. The molecule has 2 heterocycles. The monoisotopic (exact) mass is 461 g/mol. The normalized spacial score (nSPS) is 22.6. The minimum atomic E-state index is -0.512. The van der Waals surface area contributed by atoms with Crippen molar-refractivity contribution in [3.05, 3.63) is 39.6 Å². The summed E-state index contributed by atoms with van der Waals surface area (Å²) in [5.74, 6) is -1.09. The predicted octanol–water partition coefficient (Wildman–Crippen LogP) is 4.47. The molecule has 4 rings (SSSR count). The summed E-state index contributed by atoms with van der Waals surface area (Å²) in [6, 6.07) is 4.70. The third kappa shape index (κ3) is 3.23. The molecule has 8 heteroatoms. The number of aliphatic imine (C=N–C) groups is 1. The Kier molecular flexibility index (Phi) is 4.72. The maximum absolute atomic E-state index is 13.9. The van der Waals surface area contributed by atoms with E-state index in [0.717, 1.165) is 11.3 Å². The zero-order valence-electron chi connectivity index (χ0n) is 16.6. The first-order chi connectivity index (χ1) is 13.6. The van der Waals surface area contributed by atoms with Crippen LogP contribution in [0, 0.1) is 17.2 Å². The molecule has 0 saturated heterocycles. The number of rotatable bonds is 2. The smallest absolute Gasteiger partial charge is 0.309 e. The Hall–Kier alpha value is -2.35. The van der Waals surface area contributed by atoms with Gasteiger partial charge in [0, 0.05) is 31.0 Å². The number of esters is 1. The molecule has 1 aromatic heterocycles. The molecule has 29 heavy (non-hydrogen) atoms. The van der Waals surface area contributed by atoms with E-state index >= 15 is 0 Å². The molecule has 0 bridgehead atoms. The zero-order chi connectivity index (χ0) is 21.1. The summed E-state index contributed by atoms with van der Waals surface area (Å²) in [5.41, 5.74) is 1.62. The number of ether oxygens (including phenoxy) is 1. The van der Waals surface area contributed by atoms with Crippen molar-refractivity contribution in [3.63, 3.8) is 0 Å². The van der Waals surface area contributed by atoms with Gasteiger partial charge >= 0.3 is 5.97 Å². The van der Waals surface area contributed by atoms with Gasteiger partial charge in [-0.1, -0.05) is 19.9 Å². The van der Waals surface area contributed by atoms with Gasteiger partial charge < -0.3 is 4.74 Å². The number of nitrogens with zero attached hydrogens (tertiary/aromatic N) is 3. The van der Waals surface area contributed by atoms with E-state index < -0.39 is 23.2 Å². The summed E-state index contributed by atoms with van der Waals surface area (Å²) in [6.07, 6.45) is 1.40. The summed E-state index contributed by atoms with van der Waals surface area (Å²) in [4.78, 5) is 29.9. The van der Waals surface area contributed by atoms with Crippen LogP contribution in [0.3, 0.4) is 0 Å². The van der Waals surface area contributed by atoms with Crippen LogP contribution in [0.25, 0.3) is 0 Å². The Labute approximate surface area is 176 Å². The van der Waals surface area contributed by atoms with Gasteiger partial charge in [-0.05, 0) is 46.5 Å². The lowest BCUT2D eigenvalue weighted by Crippen LogP contribution is -2.45. The molecule has 0 spiro atoms. The zero-order valence-corrected chi connectivity index (χ0v) is 18.2. The molecule has 2 aromatic rings. The van der Waals surface area contributed by atoms with E-state index in [1.807, 2.05) is 13.8 Å². The Balaban J connectivity index is 1.98. The van der Waals surface area contributed by atoms with E-state index in [0.29, 0.717) is 28.7 Å². The van der Waals surface area contributed by atoms with Crippen molar-refractivity contribution in [2.24, 2.45) is 23.4 Å². The van der Waals surface area contributed by atoms with Crippen LogP contribution in [0.4, 0.5) is 10.2 Å². The maximum Gasteiger partial charge on any atom is 0.309 e. The molecule has 1 aromatic carbocycles. The SMILES string of the molecule is CC(=O)Oc1nn(C)c2c1C(c1ccc(F)c(Br)c1)C1C(=O)C(C)(C)CCC1=N2. The van der Waals surface area contributed by atoms with Gasteiger partial charge in [-0.25, -0.2) is 14.1 Å². The van der Waals surface area contributed by atoms with Gasteiger partial charge in [-0.2, -0.15) is 0 Å². The van der Waals surface area contributed by atoms with E-state index in [4.69, 9.17) is 9.73 Å². The number of halogens is 2. The number of hydrogen-bond acceptors (Lipinski definition) is 5. The van der Waals surface area contributed by atoms with Gasteiger partial charge in [-0.3, -0.25) is 9.59 Å². The third-order valence-corrected chi connectivity index (χ3v) is 6.38. The minimum absolute atomic E-state index is 0.0798. The fraction of sp³-hybridized carbons (Fsp3) is 0.429. The summed E-state index contributed by atoms with van der Waals surface area (Å²) < 4.78 is 21.2. The maximum atomic E-state index is 13.9. The van der Waals surface area contributed by atoms with Crippen LogP contribution in [-0.2, 0) is 16.6 Å². The molecule has 1 fully saturated rings. The summed E-state index contributed by atoms with van der Waals surface area (Å²) in [7, 11) is 1.72. The number of aryl methyl sites for hydroxylation is 1. The van der Waals surface area contributed by atoms with E-state index in [-0.39, 0.29) is 17.5 Å². The fourth-order valence-electron chi connectivity index (χ4n) is 4.25. The molecule has 0 N–H and O–H groups in total. The first-order valence-corrected chi connectivity index (χ1v) is 10.2. The average molecular weight is 462 g/mol. The van der Waals surface area contributed by atoms with E-state index in [1.165, 1.54) is 13.0 Å². The van der Waals surface area contributed by atoms with Gasteiger partial charge in [0.15, 0.2) is 5.82 Å². The summed E-state index contributed by atoms with van der Waals surface area (Å²) in [5, 5.41) is 4.34. The highest BCUT2D eigenvalue weighted by Crippen LogP contribution is 2.52. The third-order valence-electron chi connectivity index (χ3n) is 5.77. The first-order valence-electron chi connectivity index (χ1n) is 9.42. The number of benzene rings is 1. The standard InChI is InChI=1S/C21H21BrFN3O3/c1-10(27)29-20-17-15(11-5-6-13(23)12(22)9-11)16-14(24-19(17)26(4)25-20)7-8-21(2,3)18(16)28/h5-6,9,15-16H,7-8H2,1-4H3. The van der Waals surface area contributed by atoms with Gasteiger partial charge in [0.05, 0.1) is 16.0 Å². The van der Waals surface area contributed by atoms with Crippen LogP contribution in [0.1, 0.15) is 50.7 Å². The van der Waals surface area contributed by atoms with Crippen molar-refractivity contribution in [2.45, 2.75) is 39.5 Å². The Bertz CT molecular complexity index is 1070. The van der Waals surface area contributed by atoms with Crippen molar-refractivity contribution in [3.8, 4) is 5.88 Å². The molecular formula is C21H21BrFN3O3. The van der Waals surface area contributed by atoms with Gasteiger partial charge in [0.1, 0.15) is 11.6 Å². The Morgan fingerprint density at radius 2 is 2.07 bits per heavy atom. The number of ketones is 1. The number of carbonyl (C=O) groups excluding carboxylic acids is 2. The molecule has 152 valence electrons. The van der Waals surface area contributed by atoms with E-state index in [1.54, 1.807) is 23.9 Å². The molecular weight excluding hydrogens is 441 g/mol. The van der Waals surface area contributed by atoms with Crippen LogP contribution in [-0.4, -0.2) is 27.2 Å². The molecule has 0 radical (unpaired) electrons. The van der Waals surface area contributed by atoms with Crippen LogP contribution < -0.4 is 4.74 Å². The van der Waals surface area contributed by atoms with Crippen LogP contribution in [0.15, 0.2) is 27.7 Å². The molecule has 1 aliphatic heterocycles. The van der Waals surface area contributed by atoms with Gasteiger partial charge in [0.2, 0.25) is 5.88 Å². The molecule has 2 aliphatic rings. The topological polar surface area (TPSA) is 73.5 Å². The average Bonchev–Trinajstić information content (AvgIpc) is 2.94. The highest BCUT2D eigenvalue weighted by Gasteiger charge is 2.49. The Morgan fingerprint density at radius 1 is 1.34 bits per heavy atom. The highest BCUT2D eigenvalue weighted by molar-refractivity contribution is 9.10. The summed E-state index contributed by atoms with van der Waals surface area (Å²) >= 11 is 3.25. The molecule has 0 amide bonds. The number of Topliss-reactive ketones (excluding diaryl/α,β-unsaturated/α-hetero) is 1. The van der Waals surface area contributed by atoms with E-state index in [9.17, 15) is 14.0 Å². The lowest BCUT2D eigenvalue weighted by atomic mass is 9.63. The van der Waals surface area contributed by atoms with Gasteiger partial charge in [0.25, 0.3) is 0 Å². The number of carbonyl (C=O) groups is 2. The van der Waals surface area contributed by atoms with E-state index in [2.05, 4.69) is 21.0 Å². The predicted molar refractivity (Wildman–Crippen MR) is 109 cm³/mol. The lowest BCUT2D eigenvalue weighted by molar-refractivity contribution is -0.132. The largest absolute Gasteiger partial charge is 0.406 e. The highest BCUT2D eigenvalue weighted by atomic mass is 79.9. The quantitative estimate of drug-likeness (QED) is 0.618. The van der Waals surface area contributed by atoms with Crippen molar-refractivity contribution >= 4 is 39.2 Å². The second-order valence-corrected chi connectivity index (χ2v) is 9.09. The second kappa shape index (κ2) is 6.86. The molecule has 1 saturated carbocycles. The lowest BCUT2D eigenvalue weighted by Gasteiger charge is -2.40. The van der Waals surface area contributed by atoms with Gasteiger partial charge in [-0.15, -0.1) is 5.10 Å². The fourth-order valence-corrected chi connectivity index (χ4v) is 4.65. The molecule has 1 aliphatic carbocycles. The summed E-state index contributed by atoms with van der Waals surface area (Å²) in [6.45, 7) is 5.18. The minimum Gasteiger partial charge on any atom is -0.406 e. The molecule has 6 nitrogen and oxygen atoms in total. The molecule has 2 unspecified atom stereocenters. The van der Waals surface area contributed by atoms with Crippen LogP contribution in [0.5, 0.6) is 5.88 Å². The van der Waals surface area contributed by atoms with Crippen molar-refractivity contribution in [2.75, 3.05) is 0 Å². The number of hydrogen-bond donors (Lipinski definition) is 0. The van der Waals surface area contributed by atoms with Crippen LogP contribution >= 0.6 is 15.9 Å². The molecule has 2 atom stereocenters. The van der Waals surface area contributed by atoms with Crippen LogP contribution in [0.2, 0.25) is 0 Å². The van der Waals surface area contributed by atoms with Crippen molar-refractivity contribution in [1.82, 2.24) is 9.78 Å². The number of aromatic nitrogens is 2. The second-order valence-electron chi connectivity index (χ2n) is 8.24. The number of fused-ring (bicyclic) bond motifs is 2.